The number of imide groups is 1. The highest BCUT2D eigenvalue weighted by atomic mass is 35.6. The number of hydrogen-bond acceptors (Lipinski definition) is 3. The first-order valence-electron chi connectivity index (χ1n) is 7.19. The van der Waals surface area contributed by atoms with Gasteiger partial charge in [-0.3, -0.25) is 9.59 Å². The van der Waals surface area contributed by atoms with Crippen molar-refractivity contribution in [2.45, 2.75) is 42.2 Å². The molecule has 2 rings (SSSR count). The van der Waals surface area contributed by atoms with Gasteiger partial charge in [-0.25, -0.2) is 4.31 Å². The van der Waals surface area contributed by atoms with Gasteiger partial charge in [-0.05, 0) is 23.0 Å². The van der Waals surface area contributed by atoms with Crippen LogP contribution < -0.4 is 0 Å². The van der Waals surface area contributed by atoms with E-state index in [4.69, 9.17) is 34.8 Å². The number of nitrogens with zero attached hydrogens (tertiary/aromatic N) is 1. The molecule has 1 atom stereocenters. The molecular weight excluding hydrogens is 377 g/mol. The van der Waals surface area contributed by atoms with Gasteiger partial charge in [0.25, 0.3) is 3.12 Å². The van der Waals surface area contributed by atoms with Crippen LogP contribution in [0.4, 0.5) is 0 Å². The summed E-state index contributed by atoms with van der Waals surface area (Å²) in [5.41, 5.74) is 2.32. The van der Waals surface area contributed by atoms with Crippen LogP contribution in [-0.4, -0.2) is 19.2 Å². The van der Waals surface area contributed by atoms with Crippen LogP contribution in [0.25, 0.3) is 0 Å². The summed E-state index contributed by atoms with van der Waals surface area (Å²) in [5.74, 6) is -1.02. The predicted octanol–water partition coefficient (Wildman–Crippen LogP) is 4.88. The van der Waals surface area contributed by atoms with Crippen molar-refractivity contribution >= 4 is 58.6 Å². The van der Waals surface area contributed by atoms with Gasteiger partial charge in [0.05, 0.1) is 5.92 Å². The Morgan fingerprint density at radius 1 is 1.13 bits per heavy atom. The first-order chi connectivity index (χ1) is 10.5. The number of amides is 2. The average molecular weight is 395 g/mol. The molecule has 1 heterocycles. The molecule has 0 saturated carbocycles. The summed E-state index contributed by atoms with van der Waals surface area (Å²) in [6, 6.07) is 8.13. The van der Waals surface area contributed by atoms with Crippen molar-refractivity contribution in [2.75, 3.05) is 0 Å². The number of benzene rings is 1. The molecule has 2 amide bonds. The van der Waals surface area contributed by atoms with Crippen molar-refractivity contribution in [1.29, 1.82) is 0 Å². The van der Waals surface area contributed by atoms with Gasteiger partial charge in [0.15, 0.2) is 0 Å². The number of alkyl halides is 3. The average Bonchev–Trinajstić information content (AvgIpc) is 2.64. The molecule has 1 fully saturated rings. The molecule has 0 bridgehead atoms. The Bertz CT molecular complexity index is 605. The molecule has 23 heavy (non-hydrogen) atoms. The minimum absolute atomic E-state index is 0.0789. The highest BCUT2D eigenvalue weighted by molar-refractivity contribution is 8.03. The zero-order valence-corrected chi connectivity index (χ0v) is 16.2. The largest absolute Gasteiger partial charge is 0.273 e. The number of rotatable bonds is 3. The number of hydrogen-bond donors (Lipinski definition) is 0. The van der Waals surface area contributed by atoms with Crippen LogP contribution >= 0.6 is 46.8 Å². The van der Waals surface area contributed by atoms with Crippen LogP contribution in [0, 0.1) is 5.92 Å². The summed E-state index contributed by atoms with van der Waals surface area (Å²) in [7, 11) is 0. The summed E-state index contributed by atoms with van der Waals surface area (Å²) in [4.78, 5) is 24.3. The lowest BCUT2D eigenvalue weighted by Gasteiger charge is -2.20. The van der Waals surface area contributed by atoms with Gasteiger partial charge in [0.1, 0.15) is 0 Å². The van der Waals surface area contributed by atoms with Gasteiger partial charge in [0.2, 0.25) is 11.8 Å². The predicted molar refractivity (Wildman–Crippen MR) is 96.7 cm³/mol. The monoisotopic (exact) mass is 393 g/mol. The maximum Gasteiger partial charge on any atom is 0.256 e. The van der Waals surface area contributed by atoms with Crippen molar-refractivity contribution in [1.82, 2.24) is 4.31 Å². The second-order valence-electron chi connectivity index (χ2n) is 6.62. The van der Waals surface area contributed by atoms with Crippen LogP contribution in [0.15, 0.2) is 24.3 Å². The van der Waals surface area contributed by atoms with Gasteiger partial charge in [-0.2, -0.15) is 0 Å². The quantitative estimate of drug-likeness (QED) is 0.416. The molecule has 1 aromatic rings. The van der Waals surface area contributed by atoms with E-state index in [0.717, 1.165) is 9.87 Å². The first kappa shape index (κ1) is 18.9. The molecule has 3 nitrogen and oxygen atoms in total. The van der Waals surface area contributed by atoms with E-state index < -0.39 is 9.04 Å². The molecule has 0 aromatic heterocycles. The minimum Gasteiger partial charge on any atom is -0.273 e. The summed E-state index contributed by atoms with van der Waals surface area (Å²) in [5, 5.41) is 0. The summed E-state index contributed by atoms with van der Waals surface area (Å²) < 4.78 is -0.754. The van der Waals surface area contributed by atoms with Gasteiger partial charge < -0.3 is 0 Å². The van der Waals surface area contributed by atoms with Crippen LogP contribution in [0.2, 0.25) is 0 Å². The standard InChI is InChI=1S/C16H18Cl3NO2S/c1-15(2,3)12-6-4-10(5-7-12)8-11-9-13(21)20(14(11)22)23-16(17,18)19/h4-7,11H,8-9H2,1-3H3. The fraction of sp³-hybridized carbons (Fsp3) is 0.500. The molecule has 1 aliphatic heterocycles. The Labute approximate surface area is 155 Å². The number of carbonyl (C=O) groups excluding carboxylic acids is 2. The molecule has 1 saturated heterocycles. The summed E-state index contributed by atoms with van der Waals surface area (Å²) >= 11 is 17.6. The van der Waals surface area contributed by atoms with Crippen molar-refractivity contribution in [2.24, 2.45) is 5.92 Å². The molecule has 1 aromatic carbocycles. The Hall–Kier alpha value is -0.420. The van der Waals surface area contributed by atoms with E-state index in [1.54, 1.807) is 0 Å². The van der Waals surface area contributed by atoms with Crippen LogP contribution in [0.5, 0.6) is 0 Å². The summed E-state index contributed by atoms with van der Waals surface area (Å²) in [6.45, 7) is 6.44. The maximum atomic E-state index is 12.3. The molecule has 1 aliphatic rings. The maximum absolute atomic E-state index is 12.3. The Morgan fingerprint density at radius 3 is 2.17 bits per heavy atom. The van der Waals surface area contributed by atoms with E-state index in [1.807, 2.05) is 12.1 Å². The third-order valence-corrected chi connectivity index (χ3v) is 5.09. The molecule has 7 heteroatoms. The van der Waals surface area contributed by atoms with Crippen molar-refractivity contribution in [3.05, 3.63) is 35.4 Å². The van der Waals surface area contributed by atoms with E-state index in [9.17, 15) is 9.59 Å². The zero-order chi connectivity index (χ0) is 17.4. The Balaban J connectivity index is 2.07. The molecule has 126 valence electrons. The number of halogens is 3. The fourth-order valence-corrected chi connectivity index (χ4v) is 3.70. The Kier molecular flexibility index (Phi) is 5.62. The van der Waals surface area contributed by atoms with Gasteiger partial charge >= 0.3 is 0 Å². The lowest BCUT2D eigenvalue weighted by atomic mass is 9.86. The van der Waals surface area contributed by atoms with E-state index in [1.165, 1.54) is 5.56 Å². The molecule has 0 spiro atoms. The van der Waals surface area contributed by atoms with Crippen LogP contribution in [0.1, 0.15) is 38.3 Å². The smallest absolute Gasteiger partial charge is 0.256 e. The molecule has 0 radical (unpaired) electrons. The minimum atomic E-state index is -1.73. The van der Waals surface area contributed by atoms with Crippen molar-refractivity contribution in [3.8, 4) is 0 Å². The van der Waals surface area contributed by atoms with E-state index in [-0.39, 0.29) is 23.7 Å². The van der Waals surface area contributed by atoms with Crippen LogP contribution in [0.3, 0.4) is 0 Å². The van der Waals surface area contributed by atoms with E-state index in [2.05, 4.69) is 32.9 Å². The fourth-order valence-electron chi connectivity index (χ4n) is 2.45. The zero-order valence-electron chi connectivity index (χ0n) is 13.1. The third kappa shape index (κ3) is 5.02. The lowest BCUT2D eigenvalue weighted by molar-refractivity contribution is -0.132. The second kappa shape index (κ2) is 6.83. The van der Waals surface area contributed by atoms with Gasteiger partial charge in [0, 0.05) is 18.4 Å². The van der Waals surface area contributed by atoms with Crippen molar-refractivity contribution in [3.63, 3.8) is 0 Å². The van der Waals surface area contributed by atoms with Crippen molar-refractivity contribution < 1.29 is 9.59 Å². The van der Waals surface area contributed by atoms with Gasteiger partial charge in [-0.1, -0.05) is 79.8 Å². The highest BCUT2D eigenvalue weighted by Gasteiger charge is 2.42. The van der Waals surface area contributed by atoms with Gasteiger partial charge in [-0.15, -0.1) is 0 Å². The lowest BCUT2D eigenvalue weighted by Crippen LogP contribution is -2.27. The Morgan fingerprint density at radius 2 is 1.70 bits per heavy atom. The topological polar surface area (TPSA) is 37.4 Å². The molecular formula is C16H18Cl3NO2S. The second-order valence-corrected chi connectivity index (χ2v) is 10.7. The van der Waals surface area contributed by atoms with E-state index in [0.29, 0.717) is 18.4 Å². The van der Waals surface area contributed by atoms with Crippen LogP contribution in [-0.2, 0) is 21.4 Å². The highest BCUT2D eigenvalue weighted by Crippen LogP contribution is 2.44. The van der Waals surface area contributed by atoms with E-state index >= 15 is 0 Å². The first-order valence-corrected chi connectivity index (χ1v) is 9.10. The molecule has 0 aliphatic carbocycles. The SMILES string of the molecule is CC(C)(C)c1ccc(CC2CC(=O)N(SC(Cl)(Cl)Cl)C2=O)cc1. The third-order valence-electron chi connectivity index (χ3n) is 3.69. The molecule has 0 N–H and O–H groups in total. The normalized spacial score (nSPS) is 19.6. The summed E-state index contributed by atoms with van der Waals surface area (Å²) in [6.07, 6.45) is 0.652. The number of carbonyl (C=O) groups is 2. The molecule has 1 unspecified atom stereocenters.